The van der Waals surface area contributed by atoms with E-state index in [9.17, 15) is 14.7 Å². The molecule has 1 spiro atoms. The van der Waals surface area contributed by atoms with E-state index in [1.165, 1.54) is 0 Å². The van der Waals surface area contributed by atoms with Gasteiger partial charge in [-0.3, -0.25) is 14.4 Å². The number of carbonyl (C=O) groups excluding carboxylic acids is 2. The minimum absolute atomic E-state index is 0.00829. The SMILES string of the molecule is O=C(CCO)N1CC[C@H](O)[C@@]2(CCCN(C(=O)Cc3ccc4c(c3)OCO4)C2)C1.O=CO. The maximum atomic E-state index is 13.0. The second-order valence-corrected chi connectivity index (χ2v) is 8.34. The molecule has 1 aromatic carbocycles. The largest absolute Gasteiger partial charge is 0.483 e. The summed E-state index contributed by atoms with van der Waals surface area (Å²) in [5.41, 5.74) is 0.370. The van der Waals surface area contributed by atoms with E-state index in [1.54, 1.807) is 4.90 Å². The van der Waals surface area contributed by atoms with Gasteiger partial charge in [0.1, 0.15) is 0 Å². The summed E-state index contributed by atoms with van der Waals surface area (Å²) in [5, 5.41) is 26.7. The number of benzene rings is 1. The summed E-state index contributed by atoms with van der Waals surface area (Å²) < 4.78 is 10.7. The van der Waals surface area contributed by atoms with E-state index in [0.717, 1.165) is 18.4 Å². The highest BCUT2D eigenvalue weighted by Gasteiger charge is 2.47. The number of likely N-dealkylation sites (tertiary alicyclic amines) is 2. The lowest BCUT2D eigenvalue weighted by Gasteiger charge is -2.51. The lowest BCUT2D eigenvalue weighted by molar-refractivity contribution is -0.148. The molecule has 3 N–H and O–H groups in total. The first-order valence-electron chi connectivity index (χ1n) is 10.7. The molecule has 2 fully saturated rings. The summed E-state index contributed by atoms with van der Waals surface area (Å²) in [4.78, 5) is 37.1. The Labute approximate surface area is 186 Å². The molecule has 3 aliphatic heterocycles. The molecular weight excluding hydrogens is 420 g/mol. The Morgan fingerprint density at radius 1 is 1.12 bits per heavy atom. The molecule has 0 aliphatic carbocycles. The van der Waals surface area contributed by atoms with E-state index in [2.05, 4.69) is 0 Å². The number of rotatable bonds is 4. The van der Waals surface area contributed by atoms with Crippen molar-refractivity contribution in [1.82, 2.24) is 9.80 Å². The van der Waals surface area contributed by atoms with Crippen molar-refractivity contribution in [2.75, 3.05) is 39.6 Å². The molecule has 3 aliphatic rings. The van der Waals surface area contributed by atoms with Crippen molar-refractivity contribution < 1.29 is 39.2 Å². The Hall–Kier alpha value is -2.85. The zero-order valence-corrected chi connectivity index (χ0v) is 17.9. The van der Waals surface area contributed by atoms with Crippen LogP contribution in [0.25, 0.3) is 0 Å². The molecule has 2 atom stereocenters. The highest BCUT2D eigenvalue weighted by molar-refractivity contribution is 5.79. The predicted octanol–water partition coefficient (Wildman–Crippen LogP) is 0.243. The smallest absolute Gasteiger partial charge is 0.290 e. The Bertz CT molecular complexity index is 832. The van der Waals surface area contributed by atoms with Crippen LogP contribution in [0.3, 0.4) is 0 Å². The first-order valence-corrected chi connectivity index (χ1v) is 10.7. The van der Waals surface area contributed by atoms with E-state index in [0.29, 0.717) is 44.1 Å². The highest BCUT2D eigenvalue weighted by Crippen LogP contribution is 2.39. The number of nitrogens with zero attached hydrogens (tertiary/aromatic N) is 2. The number of aliphatic hydroxyl groups excluding tert-OH is 2. The number of carboxylic acid groups (broad SMARTS) is 1. The number of aliphatic hydroxyl groups is 2. The van der Waals surface area contributed by atoms with Gasteiger partial charge in [-0.1, -0.05) is 6.07 Å². The van der Waals surface area contributed by atoms with Crippen LogP contribution in [0.5, 0.6) is 11.5 Å². The molecule has 1 aromatic rings. The van der Waals surface area contributed by atoms with E-state index < -0.39 is 11.5 Å². The van der Waals surface area contributed by atoms with Gasteiger partial charge < -0.3 is 34.6 Å². The van der Waals surface area contributed by atoms with Crippen molar-refractivity contribution in [3.8, 4) is 11.5 Å². The third-order valence-corrected chi connectivity index (χ3v) is 6.32. The molecule has 0 aromatic heterocycles. The van der Waals surface area contributed by atoms with Gasteiger partial charge in [0, 0.05) is 38.0 Å². The van der Waals surface area contributed by atoms with Crippen molar-refractivity contribution in [1.29, 1.82) is 0 Å². The average molecular weight is 450 g/mol. The molecule has 2 amide bonds. The van der Waals surface area contributed by atoms with Crippen molar-refractivity contribution in [2.45, 2.75) is 38.2 Å². The highest BCUT2D eigenvalue weighted by atomic mass is 16.7. The zero-order valence-electron chi connectivity index (χ0n) is 17.9. The van der Waals surface area contributed by atoms with Gasteiger partial charge in [-0.25, -0.2) is 0 Å². The number of hydrogen-bond acceptors (Lipinski definition) is 7. The third-order valence-electron chi connectivity index (χ3n) is 6.32. The van der Waals surface area contributed by atoms with E-state index >= 15 is 0 Å². The molecule has 0 unspecified atom stereocenters. The van der Waals surface area contributed by atoms with Gasteiger partial charge in [0.25, 0.3) is 6.47 Å². The van der Waals surface area contributed by atoms with E-state index in [1.807, 2.05) is 23.1 Å². The predicted molar refractivity (Wildman–Crippen MR) is 112 cm³/mol. The number of amides is 2. The van der Waals surface area contributed by atoms with Crippen LogP contribution < -0.4 is 9.47 Å². The Morgan fingerprint density at radius 3 is 2.53 bits per heavy atom. The lowest BCUT2D eigenvalue weighted by Crippen LogP contribution is -2.60. The number of carbonyl (C=O) groups is 3. The molecule has 3 heterocycles. The molecule has 2 saturated heterocycles. The van der Waals surface area contributed by atoms with Crippen LogP contribution in [0.2, 0.25) is 0 Å². The fourth-order valence-corrected chi connectivity index (χ4v) is 4.73. The van der Waals surface area contributed by atoms with Gasteiger partial charge in [-0.2, -0.15) is 0 Å². The first-order chi connectivity index (χ1) is 15.4. The summed E-state index contributed by atoms with van der Waals surface area (Å²) in [7, 11) is 0. The number of ether oxygens (including phenoxy) is 2. The van der Waals surface area contributed by atoms with Crippen LogP contribution >= 0.6 is 0 Å². The molecule has 0 radical (unpaired) electrons. The summed E-state index contributed by atoms with van der Waals surface area (Å²) in [5.74, 6) is 1.26. The Kier molecular flexibility index (Phi) is 7.92. The monoisotopic (exact) mass is 450 g/mol. The van der Waals surface area contributed by atoms with Gasteiger partial charge in [0.05, 0.1) is 19.1 Å². The Morgan fingerprint density at radius 2 is 1.81 bits per heavy atom. The minimum Gasteiger partial charge on any atom is -0.483 e. The van der Waals surface area contributed by atoms with Gasteiger partial charge >= 0.3 is 0 Å². The zero-order chi connectivity index (χ0) is 23.1. The van der Waals surface area contributed by atoms with E-state index in [-0.39, 0.29) is 44.5 Å². The quantitative estimate of drug-likeness (QED) is 0.555. The van der Waals surface area contributed by atoms with Crippen LogP contribution in [0, 0.1) is 5.41 Å². The summed E-state index contributed by atoms with van der Waals surface area (Å²) in [6.07, 6.45) is 1.90. The van der Waals surface area contributed by atoms with Crippen LogP contribution in [0.1, 0.15) is 31.2 Å². The third kappa shape index (κ3) is 5.31. The summed E-state index contributed by atoms with van der Waals surface area (Å²) in [6, 6.07) is 5.53. The molecule has 4 rings (SSSR count). The normalized spacial score (nSPS) is 24.0. The average Bonchev–Trinajstić information content (AvgIpc) is 3.24. The summed E-state index contributed by atoms with van der Waals surface area (Å²) >= 11 is 0. The Balaban J connectivity index is 0.000000913. The molecule has 0 saturated carbocycles. The van der Waals surface area contributed by atoms with Gasteiger partial charge in [0.2, 0.25) is 18.6 Å². The number of piperidine rings is 2. The molecule has 10 nitrogen and oxygen atoms in total. The van der Waals surface area contributed by atoms with Crippen molar-refractivity contribution in [2.24, 2.45) is 5.41 Å². The van der Waals surface area contributed by atoms with Gasteiger partial charge in [0.15, 0.2) is 11.5 Å². The van der Waals surface area contributed by atoms with E-state index in [4.69, 9.17) is 24.5 Å². The van der Waals surface area contributed by atoms with Crippen LogP contribution in [-0.4, -0.2) is 89.1 Å². The van der Waals surface area contributed by atoms with Crippen molar-refractivity contribution in [3.63, 3.8) is 0 Å². The van der Waals surface area contributed by atoms with Crippen LogP contribution in [-0.2, 0) is 20.8 Å². The first kappa shape index (κ1) is 23.8. The second kappa shape index (κ2) is 10.6. The minimum atomic E-state index is -0.540. The van der Waals surface area contributed by atoms with Gasteiger partial charge in [-0.05, 0) is 37.0 Å². The molecule has 10 heteroatoms. The molecule has 176 valence electrons. The number of fused-ring (bicyclic) bond motifs is 1. The molecular formula is C22H30N2O8. The van der Waals surface area contributed by atoms with Gasteiger partial charge in [-0.15, -0.1) is 0 Å². The topological polar surface area (TPSA) is 137 Å². The van der Waals surface area contributed by atoms with Crippen molar-refractivity contribution in [3.05, 3.63) is 23.8 Å². The molecule has 0 bridgehead atoms. The fraction of sp³-hybridized carbons (Fsp3) is 0.591. The number of hydrogen-bond donors (Lipinski definition) is 3. The van der Waals surface area contributed by atoms with Crippen LogP contribution in [0.4, 0.5) is 0 Å². The second-order valence-electron chi connectivity index (χ2n) is 8.34. The maximum absolute atomic E-state index is 13.0. The maximum Gasteiger partial charge on any atom is 0.290 e. The summed E-state index contributed by atoms with van der Waals surface area (Å²) in [6.45, 7) is 1.80. The van der Waals surface area contributed by atoms with Crippen molar-refractivity contribution >= 4 is 18.3 Å². The lowest BCUT2D eigenvalue weighted by atomic mass is 9.71. The fourth-order valence-electron chi connectivity index (χ4n) is 4.73. The molecule has 32 heavy (non-hydrogen) atoms. The van der Waals surface area contributed by atoms with Crippen LogP contribution in [0.15, 0.2) is 18.2 Å². The standard InChI is InChI=1S/C21H28N2O6.CH2O2/c24-9-5-19(26)23-8-4-18(25)21(13-23)6-1-7-22(12-21)20(27)11-15-2-3-16-17(10-15)29-14-28-16;2-1-3/h2-3,10,18,24-25H,1,4-9,11-14H2;1H,(H,2,3)/t18-,21+;/m0./s1.